The average Bonchev–Trinajstić information content (AvgIpc) is 3.14. The summed E-state index contributed by atoms with van der Waals surface area (Å²) in [4.78, 5) is 39.0. The number of anilines is 1. The minimum absolute atomic E-state index is 0.0662. The number of ether oxygens (including phenoxy) is 1. The summed E-state index contributed by atoms with van der Waals surface area (Å²) in [5.41, 5.74) is 6.26. The Bertz CT molecular complexity index is 1670. The van der Waals surface area contributed by atoms with Crippen LogP contribution in [0.5, 0.6) is 0 Å². The van der Waals surface area contributed by atoms with Crippen molar-refractivity contribution in [3.63, 3.8) is 0 Å². The maximum absolute atomic E-state index is 13.4. The number of aromatic nitrogens is 5. The fourth-order valence-electron chi connectivity index (χ4n) is 4.37. The molecule has 0 spiro atoms. The number of carbonyl (C=O) groups excluding carboxylic acids is 1. The van der Waals surface area contributed by atoms with Gasteiger partial charge in [0.15, 0.2) is 0 Å². The van der Waals surface area contributed by atoms with Crippen molar-refractivity contribution < 1.29 is 9.53 Å². The number of fused-ring (bicyclic) bond motifs is 3. The lowest BCUT2D eigenvalue weighted by Gasteiger charge is -2.11. The highest BCUT2D eigenvalue weighted by molar-refractivity contribution is 6.04. The third-order valence-corrected chi connectivity index (χ3v) is 6.25. The fraction of sp³-hybridized carbons (Fsp3) is 0.222. The maximum Gasteiger partial charge on any atom is 0.333 e. The number of hydrogen-bond donors (Lipinski definition) is 1. The highest BCUT2D eigenvalue weighted by Gasteiger charge is 2.19. The lowest BCUT2D eigenvalue weighted by atomic mass is 10.0. The van der Waals surface area contributed by atoms with E-state index in [-0.39, 0.29) is 18.2 Å². The molecule has 1 amide bonds. The zero-order valence-electron chi connectivity index (χ0n) is 20.6. The molecule has 9 nitrogen and oxygen atoms in total. The normalized spacial score (nSPS) is 11.3. The van der Waals surface area contributed by atoms with E-state index < -0.39 is 0 Å². The molecule has 4 aromatic heterocycles. The number of benzene rings is 1. The monoisotopic (exact) mass is 482 g/mol. The summed E-state index contributed by atoms with van der Waals surface area (Å²) in [6, 6.07) is 13.6. The maximum atomic E-state index is 13.4. The summed E-state index contributed by atoms with van der Waals surface area (Å²) in [6.07, 6.45) is 4.46. The van der Waals surface area contributed by atoms with E-state index in [1.807, 2.05) is 37.4 Å². The number of aryl methyl sites for hydroxylation is 3. The molecule has 0 bridgehead atoms. The van der Waals surface area contributed by atoms with Crippen molar-refractivity contribution in [2.75, 3.05) is 19.0 Å². The molecule has 0 saturated heterocycles. The molecule has 0 aliphatic rings. The summed E-state index contributed by atoms with van der Waals surface area (Å²) in [5.74, 6) is 0.0916. The summed E-state index contributed by atoms with van der Waals surface area (Å²) < 4.78 is 8.10. The van der Waals surface area contributed by atoms with Crippen molar-refractivity contribution >= 4 is 33.7 Å². The van der Waals surface area contributed by atoms with Crippen LogP contribution < -0.4 is 11.0 Å². The highest BCUT2D eigenvalue weighted by Crippen LogP contribution is 2.30. The Morgan fingerprint density at radius 3 is 2.56 bits per heavy atom. The second-order valence-corrected chi connectivity index (χ2v) is 8.57. The van der Waals surface area contributed by atoms with Crippen LogP contribution in [0.4, 0.5) is 5.82 Å². The van der Waals surface area contributed by atoms with Crippen LogP contribution in [0.15, 0.2) is 59.7 Å². The smallest absolute Gasteiger partial charge is 0.333 e. The molecule has 5 rings (SSSR count). The summed E-state index contributed by atoms with van der Waals surface area (Å²) >= 11 is 0. The van der Waals surface area contributed by atoms with Crippen molar-refractivity contribution in [3.8, 4) is 16.8 Å². The molecular formula is C27H26N6O3. The van der Waals surface area contributed by atoms with Gasteiger partial charge in [-0.3, -0.25) is 23.9 Å². The van der Waals surface area contributed by atoms with Gasteiger partial charge in [-0.25, -0.2) is 9.78 Å². The molecule has 0 unspecified atom stereocenters. The Morgan fingerprint density at radius 2 is 1.86 bits per heavy atom. The molecule has 5 aromatic rings. The van der Waals surface area contributed by atoms with Gasteiger partial charge in [0, 0.05) is 37.0 Å². The molecule has 1 aromatic carbocycles. The SMILES string of the molecule is CCc1ccc(-c2ccc3ncc4c(c3c2)n(-c2ccc(NC(=O)COC)nc2C)c(=O)n4C)cn1. The van der Waals surface area contributed by atoms with Crippen LogP contribution in [0, 0.1) is 6.92 Å². The Hall–Kier alpha value is -4.37. The zero-order valence-corrected chi connectivity index (χ0v) is 20.6. The van der Waals surface area contributed by atoms with Crippen molar-refractivity contribution in [3.05, 3.63) is 76.7 Å². The van der Waals surface area contributed by atoms with E-state index >= 15 is 0 Å². The van der Waals surface area contributed by atoms with Gasteiger partial charge in [0.05, 0.1) is 34.1 Å². The molecule has 0 saturated carbocycles. The van der Waals surface area contributed by atoms with E-state index in [4.69, 9.17) is 4.74 Å². The Balaban J connectivity index is 1.70. The van der Waals surface area contributed by atoms with Gasteiger partial charge in [-0.1, -0.05) is 19.1 Å². The van der Waals surface area contributed by atoms with E-state index in [0.717, 1.165) is 39.7 Å². The predicted octanol–water partition coefficient (Wildman–Crippen LogP) is 3.79. The third-order valence-electron chi connectivity index (χ3n) is 6.25. The van der Waals surface area contributed by atoms with Crippen LogP contribution in [-0.4, -0.2) is 43.7 Å². The van der Waals surface area contributed by atoms with Crippen LogP contribution in [0.2, 0.25) is 0 Å². The number of hydrogen-bond acceptors (Lipinski definition) is 6. The molecule has 0 aliphatic carbocycles. The summed E-state index contributed by atoms with van der Waals surface area (Å²) in [5, 5.41) is 3.55. The molecule has 0 fully saturated rings. The van der Waals surface area contributed by atoms with Gasteiger partial charge in [0.1, 0.15) is 12.4 Å². The fourth-order valence-corrected chi connectivity index (χ4v) is 4.37. The predicted molar refractivity (Wildman–Crippen MR) is 139 cm³/mol. The largest absolute Gasteiger partial charge is 0.375 e. The highest BCUT2D eigenvalue weighted by atomic mass is 16.5. The first-order valence-corrected chi connectivity index (χ1v) is 11.6. The first kappa shape index (κ1) is 23.4. The standard InChI is InChI=1S/C27H26N6O3/c1-5-19-8-6-18(13-28-19)17-7-9-21-20(12-17)26-23(14-29-21)32(3)27(35)33(26)22-10-11-24(30-16(22)2)31-25(34)15-36-4/h6-14H,5,15H2,1-4H3,(H,30,31,34). The number of carbonyl (C=O) groups is 1. The van der Waals surface area contributed by atoms with Gasteiger partial charge in [-0.05, 0) is 49.2 Å². The minimum Gasteiger partial charge on any atom is -0.375 e. The number of rotatable bonds is 6. The van der Waals surface area contributed by atoms with E-state index in [9.17, 15) is 9.59 Å². The molecule has 36 heavy (non-hydrogen) atoms. The molecule has 0 atom stereocenters. The molecule has 4 heterocycles. The van der Waals surface area contributed by atoms with Gasteiger partial charge < -0.3 is 10.1 Å². The molecule has 1 N–H and O–H groups in total. The van der Waals surface area contributed by atoms with Gasteiger partial charge in [-0.15, -0.1) is 0 Å². The topological polar surface area (TPSA) is 104 Å². The van der Waals surface area contributed by atoms with Crippen molar-refractivity contribution in [1.29, 1.82) is 0 Å². The van der Waals surface area contributed by atoms with E-state index in [0.29, 0.717) is 22.7 Å². The first-order valence-electron chi connectivity index (χ1n) is 11.6. The summed E-state index contributed by atoms with van der Waals surface area (Å²) in [6.45, 7) is 3.82. The lowest BCUT2D eigenvalue weighted by molar-refractivity contribution is -0.119. The third kappa shape index (κ3) is 4.03. The number of imidazole rings is 1. The number of nitrogens with one attached hydrogen (secondary N) is 1. The van der Waals surface area contributed by atoms with Gasteiger partial charge >= 0.3 is 5.69 Å². The second-order valence-electron chi connectivity index (χ2n) is 8.57. The first-order chi connectivity index (χ1) is 17.4. The van der Waals surface area contributed by atoms with Crippen LogP contribution in [-0.2, 0) is 23.0 Å². The molecular weight excluding hydrogens is 456 g/mol. The average molecular weight is 483 g/mol. The number of nitrogens with zero attached hydrogens (tertiary/aromatic N) is 5. The number of methoxy groups -OCH3 is 1. The Labute approximate surface area is 207 Å². The van der Waals surface area contributed by atoms with Gasteiger partial charge in [0.2, 0.25) is 0 Å². The van der Waals surface area contributed by atoms with Crippen molar-refractivity contribution in [2.24, 2.45) is 7.05 Å². The van der Waals surface area contributed by atoms with Crippen molar-refractivity contribution in [1.82, 2.24) is 24.1 Å². The molecule has 0 aliphatic heterocycles. The van der Waals surface area contributed by atoms with Gasteiger partial charge in [-0.2, -0.15) is 0 Å². The lowest BCUT2D eigenvalue weighted by Crippen LogP contribution is -2.22. The Kier molecular flexibility index (Phi) is 6.07. The van der Waals surface area contributed by atoms with E-state index in [1.165, 1.54) is 7.11 Å². The van der Waals surface area contributed by atoms with E-state index in [2.05, 4.69) is 33.3 Å². The van der Waals surface area contributed by atoms with Crippen LogP contribution in [0.3, 0.4) is 0 Å². The zero-order chi connectivity index (χ0) is 25.4. The Morgan fingerprint density at radius 1 is 1.06 bits per heavy atom. The second kappa shape index (κ2) is 9.35. The van der Waals surface area contributed by atoms with Crippen LogP contribution >= 0.6 is 0 Å². The number of pyridine rings is 3. The van der Waals surface area contributed by atoms with Crippen LogP contribution in [0.1, 0.15) is 18.3 Å². The molecule has 9 heteroatoms. The molecule has 182 valence electrons. The minimum atomic E-state index is -0.300. The van der Waals surface area contributed by atoms with Gasteiger partial charge in [0.25, 0.3) is 5.91 Å². The van der Waals surface area contributed by atoms with Crippen LogP contribution in [0.25, 0.3) is 38.8 Å². The quantitative estimate of drug-likeness (QED) is 0.395. The van der Waals surface area contributed by atoms with Crippen molar-refractivity contribution in [2.45, 2.75) is 20.3 Å². The number of amides is 1. The summed E-state index contributed by atoms with van der Waals surface area (Å²) in [7, 11) is 3.18. The van der Waals surface area contributed by atoms with E-state index in [1.54, 1.807) is 34.5 Å². The molecule has 0 radical (unpaired) electrons.